The molecule has 0 aliphatic carbocycles. The predicted octanol–water partition coefficient (Wildman–Crippen LogP) is 10.2. The molecule has 0 bridgehead atoms. The van der Waals surface area contributed by atoms with E-state index >= 15 is 0 Å². The number of nitrogens with zero attached hydrogens (tertiary/aromatic N) is 4. The first kappa shape index (κ1) is 26.0. The first-order valence-electron chi connectivity index (χ1n) is 15.1. The van der Waals surface area contributed by atoms with Crippen LogP contribution in [0.1, 0.15) is 0 Å². The molecule has 0 amide bonds. The molecule has 6 aromatic carbocycles. The van der Waals surface area contributed by atoms with Crippen LogP contribution in [0.3, 0.4) is 0 Å². The lowest BCUT2D eigenvalue weighted by atomic mass is 9.98. The molecule has 0 radical (unpaired) electrons. The summed E-state index contributed by atoms with van der Waals surface area (Å²) < 4.78 is 12.8. The van der Waals surface area contributed by atoms with E-state index < -0.39 is 0 Å². The van der Waals surface area contributed by atoms with Crippen LogP contribution in [-0.2, 0) is 0 Å². The van der Waals surface area contributed by atoms with Gasteiger partial charge in [0.2, 0.25) is 5.89 Å². The molecule has 6 heteroatoms. The van der Waals surface area contributed by atoms with Gasteiger partial charge in [0, 0.05) is 27.5 Å². The van der Waals surface area contributed by atoms with E-state index in [0.29, 0.717) is 23.4 Å². The van der Waals surface area contributed by atoms with Gasteiger partial charge < -0.3 is 8.83 Å². The second-order valence-corrected chi connectivity index (χ2v) is 11.1. The summed E-state index contributed by atoms with van der Waals surface area (Å²) in [4.78, 5) is 19.5. The van der Waals surface area contributed by atoms with Gasteiger partial charge in [-0.05, 0) is 47.5 Å². The van der Waals surface area contributed by atoms with Crippen LogP contribution >= 0.6 is 0 Å². The lowest BCUT2D eigenvalue weighted by molar-refractivity contribution is 0.620. The van der Waals surface area contributed by atoms with Crippen molar-refractivity contribution in [2.45, 2.75) is 0 Å². The molecule has 0 unspecified atom stereocenters. The van der Waals surface area contributed by atoms with Gasteiger partial charge in [-0.2, -0.15) is 0 Å². The Balaban J connectivity index is 1.22. The van der Waals surface area contributed by atoms with Crippen molar-refractivity contribution in [2.24, 2.45) is 0 Å². The zero-order valence-corrected chi connectivity index (χ0v) is 24.5. The Labute approximate surface area is 263 Å². The summed E-state index contributed by atoms with van der Waals surface area (Å²) in [5.41, 5.74) is 8.68. The molecule has 0 spiro atoms. The molecular formula is C40H24N4O2. The van der Waals surface area contributed by atoms with Gasteiger partial charge in [0.15, 0.2) is 23.1 Å². The number of benzene rings is 6. The zero-order valence-electron chi connectivity index (χ0n) is 24.5. The Morgan fingerprint density at radius 2 is 1.00 bits per heavy atom. The quantitative estimate of drug-likeness (QED) is 0.198. The highest BCUT2D eigenvalue weighted by Gasteiger charge is 2.20. The van der Waals surface area contributed by atoms with E-state index in [0.717, 1.165) is 66.4 Å². The minimum atomic E-state index is 0.551. The minimum absolute atomic E-state index is 0.551. The van der Waals surface area contributed by atoms with Crippen molar-refractivity contribution in [3.63, 3.8) is 0 Å². The van der Waals surface area contributed by atoms with E-state index in [1.165, 1.54) is 0 Å². The van der Waals surface area contributed by atoms with Crippen LogP contribution in [0.5, 0.6) is 0 Å². The second-order valence-electron chi connectivity index (χ2n) is 11.1. The number of aromatic nitrogens is 4. The number of hydrogen-bond acceptors (Lipinski definition) is 6. The standard InChI is InChI=1S/C40H24N4O2/c1-4-12-25(13-5-1)37-42-38(26-14-6-2-7-15-26)44-39(43-37)31-20-10-19-30-35-29(18-11-21-33(35)45-36(30)31)28-22-23-32-34(24-28)46-40(41-32)27-16-8-3-9-17-27/h1-24H. The van der Waals surface area contributed by atoms with E-state index in [9.17, 15) is 0 Å². The highest BCUT2D eigenvalue weighted by molar-refractivity contribution is 6.15. The number of fused-ring (bicyclic) bond motifs is 4. The molecule has 0 N–H and O–H groups in total. The number of rotatable bonds is 5. The lowest BCUT2D eigenvalue weighted by Gasteiger charge is -2.08. The summed E-state index contributed by atoms with van der Waals surface area (Å²) in [6, 6.07) is 48.3. The maximum Gasteiger partial charge on any atom is 0.227 e. The molecule has 9 rings (SSSR count). The van der Waals surface area contributed by atoms with Gasteiger partial charge in [-0.25, -0.2) is 19.9 Å². The van der Waals surface area contributed by atoms with Crippen LogP contribution in [0.2, 0.25) is 0 Å². The highest BCUT2D eigenvalue weighted by atomic mass is 16.3. The molecule has 216 valence electrons. The van der Waals surface area contributed by atoms with Crippen molar-refractivity contribution < 1.29 is 8.83 Å². The van der Waals surface area contributed by atoms with E-state index in [1.54, 1.807) is 0 Å². The Morgan fingerprint density at radius 3 is 1.70 bits per heavy atom. The third-order valence-electron chi connectivity index (χ3n) is 8.18. The highest BCUT2D eigenvalue weighted by Crippen LogP contribution is 2.41. The summed E-state index contributed by atoms with van der Waals surface area (Å²) in [7, 11) is 0. The summed E-state index contributed by atoms with van der Waals surface area (Å²) >= 11 is 0. The molecule has 3 aromatic heterocycles. The molecule has 0 aliphatic heterocycles. The Kier molecular flexibility index (Phi) is 6.03. The van der Waals surface area contributed by atoms with E-state index in [2.05, 4.69) is 24.3 Å². The monoisotopic (exact) mass is 592 g/mol. The van der Waals surface area contributed by atoms with E-state index in [-0.39, 0.29) is 0 Å². The third-order valence-corrected chi connectivity index (χ3v) is 8.18. The fraction of sp³-hybridized carbons (Fsp3) is 0. The molecule has 9 aromatic rings. The van der Waals surface area contributed by atoms with Crippen LogP contribution in [0.25, 0.3) is 89.8 Å². The summed E-state index contributed by atoms with van der Waals surface area (Å²) in [5, 5.41) is 2.00. The summed E-state index contributed by atoms with van der Waals surface area (Å²) in [5.74, 6) is 2.36. The van der Waals surface area contributed by atoms with Crippen LogP contribution < -0.4 is 0 Å². The van der Waals surface area contributed by atoms with Gasteiger partial charge in [-0.15, -0.1) is 0 Å². The Bertz CT molecular complexity index is 2460. The fourth-order valence-corrected chi connectivity index (χ4v) is 5.99. The molecule has 0 atom stereocenters. The van der Waals surface area contributed by atoms with Crippen LogP contribution in [0.15, 0.2) is 154 Å². The van der Waals surface area contributed by atoms with E-state index in [4.69, 9.17) is 28.8 Å². The summed E-state index contributed by atoms with van der Waals surface area (Å²) in [6.07, 6.45) is 0. The molecule has 46 heavy (non-hydrogen) atoms. The summed E-state index contributed by atoms with van der Waals surface area (Å²) in [6.45, 7) is 0. The van der Waals surface area contributed by atoms with Gasteiger partial charge in [-0.3, -0.25) is 0 Å². The van der Waals surface area contributed by atoms with Gasteiger partial charge in [-0.1, -0.05) is 109 Å². The van der Waals surface area contributed by atoms with Gasteiger partial charge in [0.1, 0.15) is 16.7 Å². The van der Waals surface area contributed by atoms with Crippen LogP contribution in [0, 0.1) is 0 Å². The zero-order chi connectivity index (χ0) is 30.5. The van der Waals surface area contributed by atoms with Gasteiger partial charge >= 0.3 is 0 Å². The number of hydrogen-bond donors (Lipinski definition) is 0. The van der Waals surface area contributed by atoms with Crippen molar-refractivity contribution in [2.75, 3.05) is 0 Å². The normalized spacial score (nSPS) is 11.5. The average molecular weight is 593 g/mol. The SMILES string of the molecule is c1ccc(-c2nc(-c3ccccc3)nc(-c3cccc4c3oc3cccc(-c5ccc6nc(-c7ccccc7)oc6c5)c34)n2)cc1. The molecule has 0 fully saturated rings. The van der Waals surface area contributed by atoms with Gasteiger partial charge in [0.25, 0.3) is 0 Å². The smallest absolute Gasteiger partial charge is 0.227 e. The maximum absolute atomic E-state index is 6.60. The first-order chi connectivity index (χ1) is 22.8. The average Bonchev–Trinajstić information content (AvgIpc) is 3.74. The minimum Gasteiger partial charge on any atom is -0.455 e. The third kappa shape index (κ3) is 4.43. The van der Waals surface area contributed by atoms with E-state index in [1.807, 2.05) is 121 Å². The van der Waals surface area contributed by atoms with Crippen molar-refractivity contribution in [3.05, 3.63) is 146 Å². The van der Waals surface area contributed by atoms with Crippen LogP contribution in [-0.4, -0.2) is 19.9 Å². The first-order valence-corrected chi connectivity index (χ1v) is 15.1. The molecule has 0 saturated heterocycles. The molecular weight excluding hydrogens is 568 g/mol. The fourth-order valence-electron chi connectivity index (χ4n) is 5.99. The molecule has 6 nitrogen and oxygen atoms in total. The van der Waals surface area contributed by atoms with Crippen molar-refractivity contribution in [3.8, 4) is 56.7 Å². The number of para-hydroxylation sites is 1. The topological polar surface area (TPSA) is 77.8 Å². The molecule has 0 saturated carbocycles. The largest absolute Gasteiger partial charge is 0.455 e. The van der Waals surface area contributed by atoms with Crippen molar-refractivity contribution in [1.82, 2.24) is 19.9 Å². The molecule has 3 heterocycles. The van der Waals surface area contributed by atoms with Crippen LogP contribution in [0.4, 0.5) is 0 Å². The van der Waals surface area contributed by atoms with Crippen molar-refractivity contribution >= 4 is 33.0 Å². The van der Waals surface area contributed by atoms with Crippen molar-refractivity contribution in [1.29, 1.82) is 0 Å². The Hall–Kier alpha value is -6.40. The van der Waals surface area contributed by atoms with Gasteiger partial charge in [0.05, 0.1) is 5.56 Å². The Morgan fingerprint density at radius 1 is 0.391 bits per heavy atom. The lowest BCUT2D eigenvalue weighted by Crippen LogP contribution is -2.00. The predicted molar refractivity (Wildman–Crippen MR) is 182 cm³/mol. The molecule has 0 aliphatic rings. The maximum atomic E-state index is 6.60. The second kappa shape index (κ2) is 10.6. The number of oxazole rings is 1. The number of furan rings is 1.